The van der Waals surface area contributed by atoms with Crippen LogP contribution in [0.2, 0.25) is 0 Å². The van der Waals surface area contributed by atoms with Gasteiger partial charge < -0.3 is 0 Å². The first kappa shape index (κ1) is 10.6. The van der Waals surface area contributed by atoms with Crippen molar-refractivity contribution in [3.63, 3.8) is 0 Å². The van der Waals surface area contributed by atoms with Crippen molar-refractivity contribution in [2.45, 2.75) is 53.4 Å². The Morgan fingerprint density at radius 2 is 1.88 bits per heavy atom. The molecule has 0 aromatic heterocycles. The molecule has 2 saturated carbocycles. The third kappa shape index (κ3) is 1.10. The second-order valence-electron chi connectivity index (χ2n) is 7.18. The van der Waals surface area contributed by atoms with Crippen LogP contribution in [0.15, 0.2) is 11.1 Å². The van der Waals surface area contributed by atoms with Crippen molar-refractivity contribution in [2.24, 2.45) is 22.7 Å². The van der Waals surface area contributed by atoms with Crippen LogP contribution in [0.3, 0.4) is 0 Å². The number of carbonyl (C=O) groups excluding carboxylic acids is 1. The molecule has 3 rings (SSSR count). The summed E-state index contributed by atoms with van der Waals surface area (Å²) in [6, 6.07) is 0. The summed E-state index contributed by atoms with van der Waals surface area (Å²) in [5.41, 5.74) is 3.55. The fraction of sp³-hybridized carbons (Fsp3) is 0.800. The van der Waals surface area contributed by atoms with E-state index in [1.807, 2.05) is 0 Å². The zero-order valence-electron chi connectivity index (χ0n) is 10.9. The van der Waals surface area contributed by atoms with E-state index in [1.54, 1.807) is 0 Å². The summed E-state index contributed by atoms with van der Waals surface area (Å²) in [4.78, 5) is 11.8. The van der Waals surface area contributed by atoms with Crippen molar-refractivity contribution >= 4 is 5.78 Å². The topological polar surface area (TPSA) is 17.1 Å². The molecule has 0 heterocycles. The zero-order valence-corrected chi connectivity index (χ0v) is 10.9. The Balaban J connectivity index is 2.08. The van der Waals surface area contributed by atoms with Gasteiger partial charge in [0.15, 0.2) is 5.78 Å². The van der Waals surface area contributed by atoms with Crippen molar-refractivity contribution in [1.29, 1.82) is 0 Å². The van der Waals surface area contributed by atoms with Gasteiger partial charge in [-0.05, 0) is 54.4 Å². The van der Waals surface area contributed by atoms with Crippen LogP contribution in [0.4, 0.5) is 0 Å². The second-order valence-corrected chi connectivity index (χ2v) is 7.18. The zero-order chi connectivity index (χ0) is 11.7. The summed E-state index contributed by atoms with van der Waals surface area (Å²) in [7, 11) is 0. The predicted octanol–water partition coefficient (Wildman–Crippen LogP) is 3.74. The Morgan fingerprint density at radius 1 is 1.19 bits per heavy atom. The smallest absolute Gasteiger partial charge is 0.159 e. The quantitative estimate of drug-likeness (QED) is 0.605. The maximum Gasteiger partial charge on any atom is 0.159 e. The van der Waals surface area contributed by atoms with Gasteiger partial charge in [0.05, 0.1) is 0 Å². The number of allylic oxidation sites excluding steroid dienone is 2. The van der Waals surface area contributed by atoms with Gasteiger partial charge >= 0.3 is 0 Å². The number of fused-ring (bicyclic) bond motifs is 3. The molecule has 0 amide bonds. The number of Topliss-reactive ketones (excluding diaryl/α,β-unsaturated/α-hetero) is 1. The molecule has 0 bridgehead atoms. The van der Waals surface area contributed by atoms with Crippen LogP contribution >= 0.6 is 0 Å². The molecule has 1 nitrogen and oxygen atoms in total. The highest BCUT2D eigenvalue weighted by molar-refractivity contribution is 5.99. The molecule has 88 valence electrons. The SMILES string of the molecule is CC1=C2C[C@@]3(C)CCC(C)(C)[C@H]3[C@@H]2CC1=O. The highest BCUT2D eigenvalue weighted by atomic mass is 16.1. The molecule has 0 aromatic carbocycles. The first-order valence-electron chi connectivity index (χ1n) is 6.58. The molecular formula is C15H22O. The number of ketones is 1. The number of hydrogen-bond acceptors (Lipinski definition) is 1. The van der Waals surface area contributed by atoms with Crippen LogP contribution in [0.1, 0.15) is 53.4 Å². The highest BCUT2D eigenvalue weighted by Gasteiger charge is 2.60. The lowest BCUT2D eigenvalue weighted by Gasteiger charge is -2.35. The van der Waals surface area contributed by atoms with Gasteiger partial charge in [0, 0.05) is 6.42 Å². The van der Waals surface area contributed by atoms with E-state index < -0.39 is 0 Å². The summed E-state index contributed by atoms with van der Waals surface area (Å²) in [6.07, 6.45) is 4.70. The van der Waals surface area contributed by atoms with Crippen molar-refractivity contribution in [2.75, 3.05) is 0 Å². The first-order chi connectivity index (χ1) is 7.35. The molecule has 16 heavy (non-hydrogen) atoms. The van der Waals surface area contributed by atoms with Gasteiger partial charge in [-0.2, -0.15) is 0 Å². The molecule has 3 aliphatic carbocycles. The van der Waals surface area contributed by atoms with Gasteiger partial charge in [-0.1, -0.05) is 26.3 Å². The Morgan fingerprint density at radius 3 is 2.56 bits per heavy atom. The van der Waals surface area contributed by atoms with Gasteiger partial charge in [0.25, 0.3) is 0 Å². The number of hydrogen-bond donors (Lipinski definition) is 0. The fourth-order valence-corrected chi connectivity index (χ4v) is 5.04. The molecule has 3 aliphatic rings. The maximum atomic E-state index is 11.8. The molecular weight excluding hydrogens is 196 g/mol. The summed E-state index contributed by atoms with van der Waals surface area (Å²) >= 11 is 0. The van der Waals surface area contributed by atoms with Gasteiger partial charge in [-0.25, -0.2) is 0 Å². The van der Waals surface area contributed by atoms with E-state index in [-0.39, 0.29) is 0 Å². The van der Waals surface area contributed by atoms with E-state index in [4.69, 9.17) is 0 Å². The summed E-state index contributed by atoms with van der Waals surface area (Å²) in [5, 5.41) is 0. The lowest BCUT2D eigenvalue weighted by atomic mass is 9.69. The van der Waals surface area contributed by atoms with Crippen LogP contribution in [0.5, 0.6) is 0 Å². The van der Waals surface area contributed by atoms with E-state index in [9.17, 15) is 4.79 Å². The van der Waals surface area contributed by atoms with Crippen LogP contribution < -0.4 is 0 Å². The van der Waals surface area contributed by atoms with E-state index in [2.05, 4.69) is 27.7 Å². The standard InChI is InChI=1S/C15H22O/c1-9-11-8-15(4)6-5-14(2,3)13(15)10(11)7-12(9)16/h10,13H,5-8H2,1-4H3/t10-,13-,15-/m1/s1. The second kappa shape index (κ2) is 2.80. The Labute approximate surface area is 98.3 Å². The maximum absolute atomic E-state index is 11.8. The average molecular weight is 218 g/mol. The van der Waals surface area contributed by atoms with Crippen LogP contribution in [0, 0.1) is 22.7 Å². The van der Waals surface area contributed by atoms with Crippen molar-refractivity contribution in [3.8, 4) is 0 Å². The normalized spacial score (nSPS) is 45.1. The summed E-state index contributed by atoms with van der Waals surface area (Å²) < 4.78 is 0. The molecule has 3 atom stereocenters. The molecule has 0 aliphatic heterocycles. The third-order valence-corrected chi connectivity index (χ3v) is 5.68. The summed E-state index contributed by atoms with van der Waals surface area (Å²) in [6.45, 7) is 9.32. The molecule has 0 radical (unpaired) electrons. The lowest BCUT2D eigenvalue weighted by molar-refractivity contribution is -0.115. The average Bonchev–Trinajstić information content (AvgIpc) is 2.68. The lowest BCUT2D eigenvalue weighted by Crippen LogP contribution is -2.29. The summed E-state index contributed by atoms with van der Waals surface area (Å²) in [5.74, 6) is 1.76. The van der Waals surface area contributed by atoms with Gasteiger partial charge in [-0.3, -0.25) is 4.79 Å². The highest BCUT2D eigenvalue weighted by Crippen LogP contribution is 2.67. The van der Waals surface area contributed by atoms with Crippen LogP contribution in [-0.2, 0) is 4.79 Å². The monoisotopic (exact) mass is 218 g/mol. The van der Waals surface area contributed by atoms with Crippen LogP contribution in [0.25, 0.3) is 0 Å². The van der Waals surface area contributed by atoms with Crippen LogP contribution in [-0.4, -0.2) is 5.78 Å². The molecule has 0 saturated heterocycles. The van der Waals surface area contributed by atoms with E-state index in [0.29, 0.717) is 22.5 Å². The van der Waals surface area contributed by atoms with Crippen molar-refractivity contribution in [1.82, 2.24) is 0 Å². The fourth-order valence-electron chi connectivity index (χ4n) is 5.04. The van der Waals surface area contributed by atoms with E-state index in [0.717, 1.165) is 17.9 Å². The minimum Gasteiger partial charge on any atom is -0.295 e. The Kier molecular flexibility index (Phi) is 1.85. The first-order valence-corrected chi connectivity index (χ1v) is 6.58. The van der Waals surface area contributed by atoms with E-state index in [1.165, 1.54) is 24.8 Å². The minimum atomic E-state index is 0.421. The number of carbonyl (C=O) groups is 1. The Hall–Kier alpha value is -0.590. The molecule has 2 fully saturated rings. The molecule has 0 unspecified atom stereocenters. The molecule has 0 N–H and O–H groups in total. The molecule has 1 heteroatoms. The minimum absolute atomic E-state index is 0.421. The van der Waals surface area contributed by atoms with Gasteiger partial charge in [-0.15, -0.1) is 0 Å². The molecule has 0 spiro atoms. The Bertz CT molecular complexity index is 402. The molecule has 0 aromatic rings. The van der Waals surface area contributed by atoms with Crippen molar-refractivity contribution in [3.05, 3.63) is 11.1 Å². The van der Waals surface area contributed by atoms with Crippen molar-refractivity contribution < 1.29 is 4.79 Å². The number of rotatable bonds is 0. The predicted molar refractivity (Wildman–Crippen MR) is 65.0 cm³/mol. The van der Waals surface area contributed by atoms with E-state index >= 15 is 0 Å². The van der Waals surface area contributed by atoms with Gasteiger partial charge in [0.1, 0.15) is 0 Å². The third-order valence-electron chi connectivity index (χ3n) is 5.68. The van der Waals surface area contributed by atoms with Gasteiger partial charge in [0.2, 0.25) is 0 Å². The largest absolute Gasteiger partial charge is 0.295 e.